The Labute approximate surface area is 135 Å². The van der Waals surface area contributed by atoms with Gasteiger partial charge in [-0.1, -0.05) is 6.07 Å². The lowest BCUT2D eigenvalue weighted by atomic mass is 9.87. The molecule has 0 atom stereocenters. The van der Waals surface area contributed by atoms with Gasteiger partial charge in [0.2, 0.25) is 0 Å². The number of nitrogens with one attached hydrogen (secondary N) is 2. The number of benzene rings is 1. The number of likely N-dealkylation sites (tertiary alicyclic amines) is 1. The highest BCUT2D eigenvalue weighted by Gasteiger charge is 2.36. The van der Waals surface area contributed by atoms with Crippen LogP contribution in [0.3, 0.4) is 0 Å². The first-order valence-electron chi connectivity index (χ1n) is 7.81. The van der Waals surface area contributed by atoms with Gasteiger partial charge in [0.25, 0.3) is 0 Å². The van der Waals surface area contributed by atoms with Crippen molar-refractivity contribution in [2.45, 2.75) is 18.4 Å². The number of H-pyrrole nitrogens is 1. The molecule has 122 valence electrons. The molecule has 2 heterocycles. The molecule has 0 spiro atoms. The summed E-state index contributed by atoms with van der Waals surface area (Å²) in [6, 6.07) is 5.74. The van der Waals surface area contributed by atoms with Crippen LogP contribution < -0.4 is 5.32 Å². The minimum Gasteiger partial charge on any atom is -0.478 e. The first-order chi connectivity index (χ1) is 11.0. The largest absolute Gasteiger partial charge is 0.478 e. The molecule has 1 aromatic heterocycles. The van der Waals surface area contributed by atoms with Crippen LogP contribution >= 0.6 is 0 Å². The van der Waals surface area contributed by atoms with Crippen molar-refractivity contribution >= 4 is 23.1 Å². The number of hydrogen-bond acceptors (Lipinski definition) is 4. The Bertz CT molecular complexity index is 742. The van der Waals surface area contributed by atoms with Gasteiger partial charge in [-0.15, -0.1) is 0 Å². The van der Waals surface area contributed by atoms with Gasteiger partial charge in [-0.05, 0) is 50.7 Å². The monoisotopic (exact) mass is 314 g/mol. The van der Waals surface area contributed by atoms with Crippen LogP contribution in [0.4, 0.5) is 0 Å². The highest BCUT2D eigenvalue weighted by molar-refractivity contribution is 5.86. The molecule has 6 nitrogen and oxygen atoms in total. The van der Waals surface area contributed by atoms with E-state index in [0.717, 1.165) is 54.4 Å². The van der Waals surface area contributed by atoms with Crippen LogP contribution in [0.5, 0.6) is 0 Å². The molecule has 3 rings (SSSR count). The minimum absolute atomic E-state index is 0.122. The molecule has 1 aliphatic rings. The molecule has 1 aliphatic heterocycles. The van der Waals surface area contributed by atoms with Crippen molar-refractivity contribution < 1.29 is 9.90 Å². The molecule has 6 heteroatoms. The summed E-state index contributed by atoms with van der Waals surface area (Å²) in [5.41, 5.74) is 2.56. The predicted octanol–water partition coefficient (Wildman–Crippen LogP) is 1.80. The van der Waals surface area contributed by atoms with Crippen LogP contribution in [0.25, 0.3) is 17.1 Å². The van der Waals surface area contributed by atoms with E-state index in [2.05, 4.69) is 22.2 Å². The Kier molecular flexibility index (Phi) is 4.19. The van der Waals surface area contributed by atoms with Crippen LogP contribution in [0.15, 0.2) is 24.3 Å². The average molecular weight is 314 g/mol. The van der Waals surface area contributed by atoms with E-state index in [0.29, 0.717) is 0 Å². The fourth-order valence-electron chi connectivity index (χ4n) is 3.13. The van der Waals surface area contributed by atoms with E-state index in [1.165, 1.54) is 0 Å². The fraction of sp³-hybridized carbons (Fsp3) is 0.412. The number of carbonyl (C=O) groups is 1. The standard InChI is InChI=1S/C17H22N4O2/c1-18-17(7-9-21(2)10-8-17)16-19-13-5-3-12(4-6-15(22)23)11-14(13)20-16/h3-6,11,18H,7-10H2,1-2H3,(H,19,20)(H,22,23)/b6-4+. The van der Waals surface area contributed by atoms with Gasteiger partial charge in [-0.2, -0.15) is 0 Å². The molecule has 0 radical (unpaired) electrons. The lowest BCUT2D eigenvalue weighted by molar-refractivity contribution is -0.131. The van der Waals surface area contributed by atoms with Gasteiger partial charge in [-0.25, -0.2) is 9.78 Å². The molecule has 0 unspecified atom stereocenters. The molecule has 0 amide bonds. The van der Waals surface area contributed by atoms with E-state index in [1.54, 1.807) is 6.08 Å². The number of aliphatic carboxylic acids is 1. The summed E-state index contributed by atoms with van der Waals surface area (Å²) in [7, 11) is 4.12. The second-order valence-corrected chi connectivity index (χ2v) is 6.17. The maximum Gasteiger partial charge on any atom is 0.328 e. The van der Waals surface area contributed by atoms with E-state index in [9.17, 15) is 4.79 Å². The number of aromatic amines is 1. The van der Waals surface area contributed by atoms with Crippen molar-refractivity contribution in [2.75, 3.05) is 27.2 Å². The molecule has 2 aromatic rings. The number of piperidine rings is 1. The summed E-state index contributed by atoms with van der Waals surface area (Å²) in [6.07, 6.45) is 4.74. The lowest BCUT2D eigenvalue weighted by Gasteiger charge is -2.39. The highest BCUT2D eigenvalue weighted by atomic mass is 16.4. The molecule has 1 fully saturated rings. The molecule has 0 bridgehead atoms. The number of rotatable bonds is 4. The molecule has 3 N–H and O–H groups in total. The lowest BCUT2D eigenvalue weighted by Crippen LogP contribution is -2.49. The van der Waals surface area contributed by atoms with Crippen LogP contribution in [-0.4, -0.2) is 53.1 Å². The highest BCUT2D eigenvalue weighted by Crippen LogP contribution is 2.31. The number of nitrogens with zero attached hydrogens (tertiary/aromatic N) is 2. The van der Waals surface area contributed by atoms with Crippen LogP contribution in [0, 0.1) is 0 Å². The maximum atomic E-state index is 10.6. The molecule has 1 saturated heterocycles. The summed E-state index contributed by atoms with van der Waals surface area (Å²) < 4.78 is 0. The van der Waals surface area contributed by atoms with Gasteiger partial charge in [-0.3, -0.25) is 0 Å². The van der Waals surface area contributed by atoms with Crippen molar-refractivity contribution in [1.82, 2.24) is 20.2 Å². The van der Waals surface area contributed by atoms with Gasteiger partial charge in [0.1, 0.15) is 5.82 Å². The summed E-state index contributed by atoms with van der Waals surface area (Å²) in [5, 5.41) is 12.2. The van der Waals surface area contributed by atoms with Crippen LogP contribution in [0.2, 0.25) is 0 Å². The molecular weight excluding hydrogens is 292 g/mol. The number of carboxylic acid groups (broad SMARTS) is 1. The Morgan fingerprint density at radius 1 is 1.43 bits per heavy atom. The van der Waals surface area contributed by atoms with Crippen molar-refractivity contribution in [3.05, 3.63) is 35.7 Å². The number of hydrogen-bond donors (Lipinski definition) is 3. The third kappa shape index (κ3) is 3.13. The van der Waals surface area contributed by atoms with Crippen LogP contribution in [-0.2, 0) is 10.3 Å². The van der Waals surface area contributed by atoms with E-state index in [4.69, 9.17) is 10.1 Å². The topological polar surface area (TPSA) is 81.2 Å². The van der Waals surface area contributed by atoms with E-state index in [-0.39, 0.29) is 5.54 Å². The Morgan fingerprint density at radius 2 is 2.17 bits per heavy atom. The van der Waals surface area contributed by atoms with Crippen LogP contribution in [0.1, 0.15) is 24.2 Å². The van der Waals surface area contributed by atoms with Crippen molar-refractivity contribution in [3.63, 3.8) is 0 Å². The second-order valence-electron chi connectivity index (χ2n) is 6.17. The first-order valence-corrected chi connectivity index (χ1v) is 7.81. The third-order valence-corrected chi connectivity index (χ3v) is 4.70. The number of carboxylic acids is 1. The Balaban J connectivity index is 1.94. The zero-order chi connectivity index (χ0) is 16.4. The Hall–Kier alpha value is -2.18. The smallest absolute Gasteiger partial charge is 0.328 e. The van der Waals surface area contributed by atoms with Gasteiger partial charge in [0, 0.05) is 19.2 Å². The summed E-state index contributed by atoms with van der Waals surface area (Å²) in [5.74, 6) is 0.0123. The fourth-order valence-corrected chi connectivity index (χ4v) is 3.13. The number of imidazole rings is 1. The maximum absolute atomic E-state index is 10.6. The molecule has 0 aliphatic carbocycles. The van der Waals surface area contributed by atoms with Crippen molar-refractivity contribution in [3.8, 4) is 0 Å². The zero-order valence-electron chi connectivity index (χ0n) is 13.5. The van der Waals surface area contributed by atoms with Gasteiger partial charge < -0.3 is 20.3 Å². The Morgan fingerprint density at radius 3 is 2.83 bits per heavy atom. The zero-order valence-corrected chi connectivity index (χ0v) is 13.5. The van der Waals surface area contributed by atoms with Crippen molar-refractivity contribution in [2.24, 2.45) is 0 Å². The predicted molar refractivity (Wildman–Crippen MR) is 90.2 cm³/mol. The number of aromatic nitrogens is 2. The van der Waals surface area contributed by atoms with Crippen molar-refractivity contribution in [1.29, 1.82) is 0 Å². The van der Waals surface area contributed by atoms with E-state index >= 15 is 0 Å². The van der Waals surface area contributed by atoms with Gasteiger partial charge in [0.05, 0.1) is 16.6 Å². The average Bonchev–Trinajstić information content (AvgIpc) is 2.97. The van der Waals surface area contributed by atoms with Gasteiger partial charge >= 0.3 is 5.97 Å². The molecular formula is C17H22N4O2. The summed E-state index contributed by atoms with van der Waals surface area (Å²) >= 11 is 0. The molecule has 0 saturated carbocycles. The molecule has 1 aromatic carbocycles. The van der Waals surface area contributed by atoms with E-state index < -0.39 is 5.97 Å². The third-order valence-electron chi connectivity index (χ3n) is 4.70. The number of fused-ring (bicyclic) bond motifs is 1. The quantitative estimate of drug-likeness (QED) is 0.750. The second kappa shape index (κ2) is 6.14. The normalized spacial score (nSPS) is 18.7. The summed E-state index contributed by atoms with van der Waals surface area (Å²) in [6.45, 7) is 2.06. The summed E-state index contributed by atoms with van der Waals surface area (Å²) in [4.78, 5) is 21.2. The SMILES string of the molecule is CNC1(c2nc3ccc(/C=C/C(=O)O)cc3[nH]2)CCN(C)CC1. The minimum atomic E-state index is -0.948. The first kappa shape index (κ1) is 15.7. The van der Waals surface area contributed by atoms with E-state index in [1.807, 2.05) is 25.2 Å². The molecule has 23 heavy (non-hydrogen) atoms. The van der Waals surface area contributed by atoms with Gasteiger partial charge in [0.15, 0.2) is 0 Å².